The lowest BCUT2D eigenvalue weighted by atomic mass is 9.96. The Morgan fingerprint density at radius 2 is 1.75 bits per heavy atom. The topological polar surface area (TPSA) is 54.8 Å². The number of nitrogens with one attached hydrogen (secondary N) is 2. The number of aromatic nitrogens is 3. The lowest BCUT2D eigenvalue weighted by Crippen LogP contribution is -2.24. The number of anilines is 1. The van der Waals surface area contributed by atoms with E-state index in [2.05, 4.69) is 80.7 Å². The molecule has 0 spiro atoms. The van der Waals surface area contributed by atoms with E-state index in [4.69, 9.17) is 4.98 Å². The molecule has 0 aliphatic carbocycles. The van der Waals surface area contributed by atoms with E-state index in [0.717, 1.165) is 30.0 Å². The lowest BCUT2D eigenvalue weighted by molar-refractivity contribution is 0.456. The first kappa shape index (κ1) is 24.2. The van der Waals surface area contributed by atoms with Crippen molar-refractivity contribution < 1.29 is 0 Å². The molecule has 3 aromatic rings. The molecule has 3 rings (SSSR count). The van der Waals surface area contributed by atoms with E-state index >= 15 is 0 Å². The van der Waals surface area contributed by atoms with Gasteiger partial charge in [0.1, 0.15) is 0 Å². The van der Waals surface area contributed by atoms with Crippen molar-refractivity contribution in [2.45, 2.75) is 91.9 Å². The Morgan fingerprint density at radius 3 is 2.44 bits per heavy atom. The molecule has 0 saturated heterocycles. The predicted octanol–water partition coefficient (Wildman–Crippen LogP) is 6.71. The summed E-state index contributed by atoms with van der Waals surface area (Å²) in [5, 5.41) is 13.4. The van der Waals surface area contributed by atoms with Gasteiger partial charge in [-0.05, 0) is 44.6 Å². The quantitative estimate of drug-likeness (QED) is 0.313. The maximum Gasteiger partial charge on any atom is 0.159 e. The van der Waals surface area contributed by atoms with Gasteiger partial charge in [-0.25, -0.2) is 9.67 Å². The zero-order valence-electron chi connectivity index (χ0n) is 20.6. The number of rotatable bonds is 13. The van der Waals surface area contributed by atoms with Gasteiger partial charge in [0, 0.05) is 36.9 Å². The predicted molar refractivity (Wildman–Crippen MR) is 136 cm³/mol. The molecule has 2 heterocycles. The van der Waals surface area contributed by atoms with Crippen LogP contribution >= 0.6 is 0 Å². The Morgan fingerprint density at radius 1 is 0.969 bits per heavy atom. The summed E-state index contributed by atoms with van der Waals surface area (Å²) in [4.78, 5) is 4.81. The normalized spacial score (nSPS) is 14.4. The smallest absolute Gasteiger partial charge is 0.159 e. The molecule has 0 saturated carbocycles. The summed E-state index contributed by atoms with van der Waals surface area (Å²) in [7, 11) is 0. The minimum absolute atomic E-state index is 0.177. The van der Waals surface area contributed by atoms with Crippen molar-refractivity contribution >= 4 is 16.7 Å². The van der Waals surface area contributed by atoms with Crippen LogP contribution in [0.25, 0.3) is 11.0 Å². The maximum atomic E-state index is 4.81. The first-order chi connectivity index (χ1) is 15.6. The minimum atomic E-state index is 0.177. The minimum Gasteiger partial charge on any atom is -0.381 e. The van der Waals surface area contributed by atoms with E-state index in [-0.39, 0.29) is 6.04 Å². The molecule has 5 heteroatoms. The summed E-state index contributed by atoms with van der Waals surface area (Å²) >= 11 is 0. The van der Waals surface area contributed by atoms with Crippen LogP contribution in [0.2, 0.25) is 0 Å². The van der Waals surface area contributed by atoms with Crippen molar-refractivity contribution in [3.05, 3.63) is 53.9 Å². The molecule has 32 heavy (non-hydrogen) atoms. The van der Waals surface area contributed by atoms with E-state index in [1.54, 1.807) is 0 Å². The first-order valence-electron chi connectivity index (χ1n) is 12.5. The zero-order valence-corrected chi connectivity index (χ0v) is 20.6. The number of fused-ring (bicyclic) bond motifs is 1. The van der Waals surface area contributed by atoms with Crippen molar-refractivity contribution in [1.29, 1.82) is 0 Å². The largest absolute Gasteiger partial charge is 0.381 e. The Labute approximate surface area is 194 Å². The van der Waals surface area contributed by atoms with Crippen molar-refractivity contribution in [3.8, 4) is 0 Å². The standard InChI is InChI=1S/C27H41N5/c1-6-12-23(16-15-20(4)7-2)31-26-24(18-29-27-25(26)19-30-32(27)8-3)21(5)28-17-22-13-10-9-11-14-22/h9-11,13-14,18-21,23,28H,6-8,12,15-17H2,1-5H3,(H,29,31). The molecule has 3 unspecified atom stereocenters. The van der Waals surface area contributed by atoms with Crippen LogP contribution in [0.3, 0.4) is 0 Å². The number of hydrogen-bond acceptors (Lipinski definition) is 4. The maximum absolute atomic E-state index is 4.81. The van der Waals surface area contributed by atoms with Crippen LogP contribution in [0.15, 0.2) is 42.7 Å². The average Bonchev–Trinajstić information content (AvgIpc) is 3.25. The fraction of sp³-hybridized carbons (Fsp3) is 0.556. The third-order valence-corrected chi connectivity index (χ3v) is 6.61. The monoisotopic (exact) mass is 435 g/mol. The van der Waals surface area contributed by atoms with Crippen LogP contribution in [0.1, 0.15) is 83.9 Å². The highest BCUT2D eigenvalue weighted by molar-refractivity contribution is 5.91. The highest BCUT2D eigenvalue weighted by Crippen LogP contribution is 2.32. The molecule has 0 fully saturated rings. The molecule has 0 radical (unpaired) electrons. The van der Waals surface area contributed by atoms with Gasteiger partial charge in [-0.1, -0.05) is 63.9 Å². The second-order valence-corrected chi connectivity index (χ2v) is 9.10. The molecule has 0 aliphatic rings. The van der Waals surface area contributed by atoms with Gasteiger partial charge in [0.05, 0.1) is 17.3 Å². The summed E-state index contributed by atoms with van der Waals surface area (Å²) in [6, 6.07) is 11.2. The fourth-order valence-corrected chi connectivity index (χ4v) is 4.27. The summed E-state index contributed by atoms with van der Waals surface area (Å²) in [6.07, 6.45) is 10.1. The number of aryl methyl sites for hydroxylation is 1. The van der Waals surface area contributed by atoms with Gasteiger partial charge < -0.3 is 10.6 Å². The number of pyridine rings is 1. The first-order valence-corrected chi connectivity index (χ1v) is 12.5. The lowest BCUT2D eigenvalue weighted by Gasteiger charge is -2.25. The Hall–Kier alpha value is -2.40. The summed E-state index contributed by atoms with van der Waals surface area (Å²) < 4.78 is 1.99. The summed E-state index contributed by atoms with van der Waals surface area (Å²) in [5.74, 6) is 0.766. The molecule has 2 N–H and O–H groups in total. The van der Waals surface area contributed by atoms with Crippen LogP contribution < -0.4 is 10.6 Å². The molecule has 1 aromatic carbocycles. The van der Waals surface area contributed by atoms with E-state index in [0.29, 0.717) is 6.04 Å². The Kier molecular flexibility index (Phi) is 9.10. The van der Waals surface area contributed by atoms with Gasteiger partial charge in [-0.2, -0.15) is 5.10 Å². The zero-order chi connectivity index (χ0) is 22.9. The summed E-state index contributed by atoms with van der Waals surface area (Å²) in [5.41, 5.74) is 4.67. The van der Waals surface area contributed by atoms with E-state index in [1.807, 2.05) is 17.1 Å². The fourth-order valence-electron chi connectivity index (χ4n) is 4.27. The summed E-state index contributed by atoms with van der Waals surface area (Å²) in [6.45, 7) is 12.9. The third-order valence-electron chi connectivity index (χ3n) is 6.61. The third kappa shape index (κ3) is 6.10. The molecular formula is C27H41N5. The van der Waals surface area contributed by atoms with Gasteiger partial charge in [-0.3, -0.25) is 0 Å². The van der Waals surface area contributed by atoms with Crippen LogP contribution in [0.4, 0.5) is 5.69 Å². The SMILES string of the molecule is CCCC(CCC(C)CC)Nc1c(C(C)NCc2ccccc2)cnc2c1cnn2CC. The van der Waals surface area contributed by atoms with Crippen molar-refractivity contribution in [2.75, 3.05) is 5.32 Å². The molecule has 0 bridgehead atoms. The van der Waals surface area contributed by atoms with E-state index < -0.39 is 0 Å². The molecule has 2 aromatic heterocycles. The number of hydrogen-bond donors (Lipinski definition) is 2. The van der Waals surface area contributed by atoms with Crippen LogP contribution in [-0.4, -0.2) is 20.8 Å². The van der Waals surface area contributed by atoms with E-state index in [9.17, 15) is 0 Å². The second-order valence-electron chi connectivity index (χ2n) is 9.10. The van der Waals surface area contributed by atoms with Crippen molar-refractivity contribution in [2.24, 2.45) is 5.92 Å². The van der Waals surface area contributed by atoms with E-state index in [1.165, 1.54) is 48.9 Å². The highest BCUT2D eigenvalue weighted by Gasteiger charge is 2.20. The highest BCUT2D eigenvalue weighted by atomic mass is 15.3. The Bertz CT molecular complexity index is 949. The number of nitrogens with zero attached hydrogens (tertiary/aromatic N) is 3. The van der Waals surface area contributed by atoms with Gasteiger partial charge in [0.15, 0.2) is 5.65 Å². The van der Waals surface area contributed by atoms with Crippen LogP contribution in [-0.2, 0) is 13.1 Å². The average molecular weight is 436 g/mol. The molecule has 3 atom stereocenters. The van der Waals surface area contributed by atoms with Crippen LogP contribution in [0.5, 0.6) is 0 Å². The Balaban J connectivity index is 1.88. The number of benzene rings is 1. The molecule has 0 amide bonds. The molecule has 0 aliphatic heterocycles. The van der Waals surface area contributed by atoms with Crippen LogP contribution in [0, 0.1) is 5.92 Å². The van der Waals surface area contributed by atoms with Gasteiger partial charge in [0.2, 0.25) is 0 Å². The molecule has 5 nitrogen and oxygen atoms in total. The van der Waals surface area contributed by atoms with Crippen molar-refractivity contribution in [3.63, 3.8) is 0 Å². The second kappa shape index (κ2) is 12.0. The van der Waals surface area contributed by atoms with Gasteiger partial charge in [0.25, 0.3) is 0 Å². The van der Waals surface area contributed by atoms with Crippen molar-refractivity contribution in [1.82, 2.24) is 20.1 Å². The van der Waals surface area contributed by atoms with Gasteiger partial charge >= 0.3 is 0 Å². The molecule has 174 valence electrons. The molecular weight excluding hydrogens is 394 g/mol. The van der Waals surface area contributed by atoms with Gasteiger partial charge in [-0.15, -0.1) is 0 Å².